The van der Waals surface area contributed by atoms with E-state index in [1.54, 1.807) is 18.2 Å². The molecule has 4 aliphatic heterocycles. The number of imide groups is 1. The quantitative estimate of drug-likeness (QED) is 0.0506. The zero-order chi connectivity index (χ0) is 43.2. The van der Waals surface area contributed by atoms with Gasteiger partial charge in [-0.25, -0.2) is 9.78 Å². The zero-order valence-electron chi connectivity index (χ0n) is 35.5. The van der Waals surface area contributed by atoms with Crippen LogP contribution in [0.1, 0.15) is 36.8 Å². The van der Waals surface area contributed by atoms with E-state index in [1.165, 1.54) is 5.30 Å². The van der Waals surface area contributed by atoms with Crippen molar-refractivity contribution in [2.45, 2.75) is 44.3 Å². The predicted octanol–water partition coefficient (Wildman–Crippen LogP) is 6.04. The lowest BCUT2D eigenvalue weighted by Gasteiger charge is -2.43. The van der Waals surface area contributed by atoms with E-state index >= 15 is 0 Å². The fourth-order valence-corrected chi connectivity index (χ4v) is 10.0. The molecule has 3 aromatic carbocycles. The summed E-state index contributed by atoms with van der Waals surface area (Å²) in [5, 5.41) is 14.4. The van der Waals surface area contributed by atoms with Crippen molar-refractivity contribution in [3.05, 3.63) is 95.2 Å². The number of para-hydroxylation sites is 1. The molecule has 0 saturated carbocycles. The number of halogens is 1. The lowest BCUT2D eigenvalue weighted by molar-refractivity contribution is -0.136. The van der Waals surface area contributed by atoms with Gasteiger partial charge in [-0.3, -0.25) is 24.7 Å². The predicted molar refractivity (Wildman–Crippen MR) is 250 cm³/mol. The van der Waals surface area contributed by atoms with Crippen LogP contribution in [0, 0.1) is 0 Å². The van der Waals surface area contributed by atoms with E-state index in [9.17, 15) is 14.4 Å². The number of methoxy groups -OCH3 is 1. The molecule has 3 fully saturated rings. The van der Waals surface area contributed by atoms with E-state index < -0.39 is 6.04 Å². The smallest absolute Gasteiger partial charge is 0.249 e. The number of ether oxygens (including phenoxy) is 1. The highest BCUT2D eigenvalue weighted by atomic mass is 35.5. The zero-order valence-corrected chi connectivity index (χ0v) is 37.1. The van der Waals surface area contributed by atoms with Crippen molar-refractivity contribution in [3.8, 4) is 5.75 Å². The minimum atomic E-state index is -0.564. The number of rotatable bonds is 14. The minimum absolute atomic E-state index is 0.255. The number of hydrogen-bond donors (Lipinski definition) is 4. The van der Waals surface area contributed by atoms with Crippen LogP contribution in [-0.2, 0) is 20.9 Å². The second kappa shape index (κ2) is 19.7. The number of piperidine rings is 2. The lowest BCUT2D eigenvalue weighted by Crippen LogP contribution is -2.53. The molecule has 0 spiro atoms. The third-order valence-electron chi connectivity index (χ3n) is 12.2. The number of aromatic nitrogens is 2. The van der Waals surface area contributed by atoms with Gasteiger partial charge in [-0.05, 0) is 62.2 Å². The molecule has 1 aromatic heterocycles. The number of nitrogens with one attached hydrogen (secondary N) is 4. The second-order valence-electron chi connectivity index (χ2n) is 16.2. The number of hydrogen-bond acceptors (Lipinski definition) is 13. The molecule has 16 heteroatoms. The molecule has 1 unspecified atom stereocenters. The normalized spacial score (nSPS) is 18.9. The Bertz CT molecular complexity index is 2360. The molecule has 4 aromatic rings. The molecule has 0 radical (unpaired) electrons. The fraction of sp³-hybridized carbons (Fsp3) is 0.391. The molecular weight excluding hydrogens is 823 g/mol. The van der Waals surface area contributed by atoms with Crippen molar-refractivity contribution in [2.24, 2.45) is 0 Å². The molecule has 4 N–H and O–H groups in total. The minimum Gasteiger partial charge on any atom is -0.494 e. The van der Waals surface area contributed by atoms with Crippen LogP contribution in [0.3, 0.4) is 0 Å². The molecule has 1 atom stereocenters. The first-order valence-corrected chi connectivity index (χ1v) is 23.9. The summed E-state index contributed by atoms with van der Waals surface area (Å²) in [6.45, 7) is 12.6. The molecule has 14 nitrogen and oxygen atoms in total. The summed E-state index contributed by atoms with van der Waals surface area (Å²) in [6, 6.07) is 20.3. The highest BCUT2D eigenvalue weighted by Gasteiger charge is 2.38. The molecule has 8 rings (SSSR count). The number of benzene rings is 3. The van der Waals surface area contributed by atoms with Gasteiger partial charge in [-0.1, -0.05) is 62.0 Å². The number of fused-ring (bicyclic) bond motifs is 1. The highest BCUT2D eigenvalue weighted by molar-refractivity contribution is 7.64. The monoisotopic (exact) mass is 876 g/mol. The Morgan fingerprint density at radius 1 is 0.935 bits per heavy atom. The Morgan fingerprint density at radius 2 is 1.73 bits per heavy atom. The van der Waals surface area contributed by atoms with Gasteiger partial charge in [0.1, 0.15) is 22.5 Å². The van der Waals surface area contributed by atoms with E-state index in [2.05, 4.69) is 90.6 Å². The van der Waals surface area contributed by atoms with Crippen molar-refractivity contribution < 1.29 is 19.1 Å². The first-order chi connectivity index (χ1) is 30.2. The Morgan fingerprint density at radius 3 is 2.48 bits per heavy atom. The van der Waals surface area contributed by atoms with Gasteiger partial charge in [0, 0.05) is 106 Å². The Labute approximate surface area is 369 Å². The van der Waals surface area contributed by atoms with Crippen LogP contribution in [-0.4, -0.2) is 127 Å². The van der Waals surface area contributed by atoms with Crippen molar-refractivity contribution in [1.29, 1.82) is 0 Å². The van der Waals surface area contributed by atoms with Gasteiger partial charge in [-0.2, -0.15) is 4.98 Å². The number of piperazine rings is 1. The molecule has 0 aliphatic carbocycles. The molecule has 324 valence electrons. The number of nitrogens with zero attached hydrogens (tertiary/aromatic N) is 6. The van der Waals surface area contributed by atoms with Crippen molar-refractivity contribution >= 4 is 82.8 Å². The average Bonchev–Trinajstić information content (AvgIpc) is 3.67. The van der Waals surface area contributed by atoms with E-state index in [1.807, 2.05) is 42.5 Å². The summed E-state index contributed by atoms with van der Waals surface area (Å²) in [5.74, 6) is 3.10. The van der Waals surface area contributed by atoms with Crippen molar-refractivity contribution in [1.82, 2.24) is 30.0 Å². The largest absolute Gasteiger partial charge is 0.494 e. The lowest BCUT2D eigenvalue weighted by atomic mass is 10.0. The van der Waals surface area contributed by atoms with Crippen LogP contribution >= 0.6 is 19.5 Å². The molecule has 4 aliphatic rings. The highest BCUT2D eigenvalue weighted by Crippen LogP contribution is 2.39. The number of amides is 2. The van der Waals surface area contributed by atoms with E-state index in [-0.39, 0.29) is 26.2 Å². The Kier molecular flexibility index (Phi) is 13.7. The number of carbonyl (C=O) groups excluding carboxylic acids is 3. The SMILES string of the molecule is COc1cc(N2CCC(N3CCN(C/C=C/CNc4cccc5c4CN(C4CCC(=O)NC4=O)C5=C=O)CC3)CC2)ccc1Nc1ncc(Cl)c(Nc2ccccc2P(C)C)n1. The molecular formula is C46H54ClN10O4P. The first-order valence-electron chi connectivity index (χ1n) is 21.3. The van der Waals surface area contributed by atoms with Crippen molar-refractivity contribution in [3.63, 3.8) is 0 Å². The molecule has 5 heterocycles. The molecule has 2 amide bonds. The van der Waals surface area contributed by atoms with Gasteiger partial charge >= 0.3 is 0 Å². The van der Waals surface area contributed by atoms with Crippen LogP contribution in [0.2, 0.25) is 5.02 Å². The first kappa shape index (κ1) is 43.2. The number of carbonyl (C=O) groups is 2. The summed E-state index contributed by atoms with van der Waals surface area (Å²) in [7, 11) is 1.37. The van der Waals surface area contributed by atoms with E-state index in [4.69, 9.17) is 21.3 Å². The van der Waals surface area contributed by atoms with Crippen LogP contribution in [0.5, 0.6) is 5.75 Å². The van der Waals surface area contributed by atoms with Crippen LogP contribution in [0.15, 0.2) is 79.0 Å². The van der Waals surface area contributed by atoms with Crippen LogP contribution < -0.4 is 36.2 Å². The van der Waals surface area contributed by atoms with Gasteiger partial charge in [0.05, 0.1) is 19.0 Å². The summed E-state index contributed by atoms with van der Waals surface area (Å²) in [6.07, 6.45) is 8.84. The third-order valence-corrected chi connectivity index (χ3v) is 13.9. The van der Waals surface area contributed by atoms with E-state index in [0.717, 1.165) is 98.3 Å². The maximum atomic E-state index is 12.6. The summed E-state index contributed by atoms with van der Waals surface area (Å²) >= 11 is 6.53. The van der Waals surface area contributed by atoms with E-state index in [0.29, 0.717) is 48.0 Å². The van der Waals surface area contributed by atoms with Crippen molar-refractivity contribution in [2.75, 3.05) is 93.6 Å². The standard InChI is InChI=1S/C46H54ClN10O4P/c1-61-41-27-32(13-14-37(41)51-46-49-28-35(47)44(53-46)50-38-10-4-5-12-42(38)62(2)3)55-21-17-31(18-22-55)56-25-23-54(24-26-56)20-7-6-19-48-36-11-8-9-33-34(36)29-57(40(33)30-58)39-15-16-43(59)52-45(39)60/h4-14,27-28,31,39,48H,15-26,29H2,1-3H3,(H,52,59,60)(H2,49,50,51,53)/b7-6+. The molecule has 3 saturated heterocycles. The fourth-order valence-electron chi connectivity index (χ4n) is 8.90. The van der Waals surface area contributed by atoms with Gasteiger partial charge in [-0.15, -0.1) is 0 Å². The topological polar surface area (TPSA) is 147 Å². The number of anilines is 6. The summed E-state index contributed by atoms with van der Waals surface area (Å²) in [4.78, 5) is 54.9. The maximum absolute atomic E-state index is 12.6. The van der Waals surface area contributed by atoms with Crippen LogP contribution in [0.25, 0.3) is 5.70 Å². The summed E-state index contributed by atoms with van der Waals surface area (Å²) < 4.78 is 5.84. The summed E-state index contributed by atoms with van der Waals surface area (Å²) in [5.41, 5.74) is 5.95. The Hall–Kier alpha value is -5.49. The maximum Gasteiger partial charge on any atom is 0.249 e. The third kappa shape index (κ3) is 9.75. The van der Waals surface area contributed by atoms with Crippen LogP contribution in [0.4, 0.5) is 34.5 Å². The van der Waals surface area contributed by atoms with Gasteiger partial charge in [0.2, 0.25) is 17.8 Å². The second-order valence-corrected chi connectivity index (χ2v) is 18.9. The van der Waals surface area contributed by atoms with Gasteiger partial charge in [0.15, 0.2) is 11.8 Å². The molecule has 0 bridgehead atoms. The van der Waals surface area contributed by atoms with Gasteiger partial charge in [0.25, 0.3) is 0 Å². The average molecular weight is 877 g/mol. The molecule has 62 heavy (non-hydrogen) atoms. The van der Waals surface area contributed by atoms with Gasteiger partial charge < -0.3 is 30.5 Å². The Balaban J connectivity index is 0.779.